The van der Waals surface area contributed by atoms with Gasteiger partial charge >= 0.3 is 6.09 Å². The highest BCUT2D eigenvalue weighted by atomic mass is 16.6. The lowest BCUT2D eigenvalue weighted by Gasteiger charge is -2.19. The molecule has 0 aliphatic rings. The molecule has 0 spiro atoms. The molecule has 118 valence electrons. The molecule has 1 aromatic rings. The molecule has 1 amide bonds. The summed E-state index contributed by atoms with van der Waals surface area (Å²) in [7, 11) is 0. The highest BCUT2D eigenvalue weighted by Gasteiger charge is 2.15. The quantitative estimate of drug-likeness (QED) is 0.694. The molecular formula is C14H24N4O3. The number of amides is 1. The molecule has 0 saturated carbocycles. The smallest absolute Gasteiger partial charge is 0.407 e. The standard InChI is InChI=1S/C14H24N4O3/c1-5-20-12-10(15)6-7-11(18-12)16-8-9-17-13(19)21-14(2,3)4/h6-7H,5,8-9,15H2,1-4H3,(H,16,18)(H,17,19). The van der Waals surface area contributed by atoms with Gasteiger partial charge in [-0.3, -0.25) is 0 Å². The number of nitrogens with one attached hydrogen (secondary N) is 2. The first-order valence-electron chi connectivity index (χ1n) is 6.92. The van der Waals surface area contributed by atoms with Crippen LogP contribution in [-0.2, 0) is 4.74 Å². The molecule has 0 aromatic carbocycles. The van der Waals surface area contributed by atoms with Crippen molar-refractivity contribution in [1.82, 2.24) is 10.3 Å². The lowest BCUT2D eigenvalue weighted by atomic mass is 10.2. The van der Waals surface area contributed by atoms with Gasteiger partial charge in [-0.1, -0.05) is 0 Å². The summed E-state index contributed by atoms with van der Waals surface area (Å²) in [4.78, 5) is 15.7. The van der Waals surface area contributed by atoms with E-state index in [0.29, 0.717) is 37.1 Å². The summed E-state index contributed by atoms with van der Waals surface area (Å²) < 4.78 is 10.4. The Morgan fingerprint density at radius 1 is 1.33 bits per heavy atom. The van der Waals surface area contributed by atoms with Gasteiger partial charge in [0.25, 0.3) is 0 Å². The molecule has 0 saturated heterocycles. The predicted octanol–water partition coefficient (Wildman–Crippen LogP) is 2.00. The Morgan fingerprint density at radius 3 is 2.67 bits per heavy atom. The van der Waals surface area contributed by atoms with Crippen molar-refractivity contribution in [1.29, 1.82) is 0 Å². The van der Waals surface area contributed by atoms with Crippen LogP contribution in [0.3, 0.4) is 0 Å². The van der Waals surface area contributed by atoms with E-state index in [1.54, 1.807) is 12.1 Å². The van der Waals surface area contributed by atoms with Crippen molar-refractivity contribution in [3.05, 3.63) is 12.1 Å². The van der Waals surface area contributed by atoms with Crippen LogP contribution in [0.1, 0.15) is 27.7 Å². The van der Waals surface area contributed by atoms with Crippen molar-refractivity contribution in [3.8, 4) is 5.88 Å². The minimum absolute atomic E-state index is 0.405. The van der Waals surface area contributed by atoms with Crippen LogP contribution in [0.5, 0.6) is 5.88 Å². The number of anilines is 2. The van der Waals surface area contributed by atoms with Crippen LogP contribution >= 0.6 is 0 Å². The number of nitrogens with two attached hydrogens (primary N) is 1. The second-order valence-electron chi connectivity index (χ2n) is 5.38. The molecule has 0 aliphatic heterocycles. The first-order chi connectivity index (χ1) is 9.81. The molecule has 7 heteroatoms. The Bertz CT molecular complexity index is 472. The van der Waals surface area contributed by atoms with Gasteiger partial charge in [0, 0.05) is 13.1 Å². The molecular weight excluding hydrogens is 272 g/mol. The van der Waals surface area contributed by atoms with E-state index in [1.165, 1.54) is 0 Å². The number of alkyl carbamates (subject to hydrolysis) is 1. The number of carbonyl (C=O) groups excluding carboxylic acids is 1. The minimum atomic E-state index is -0.498. The predicted molar refractivity (Wildman–Crippen MR) is 82.5 cm³/mol. The van der Waals surface area contributed by atoms with Crippen molar-refractivity contribution < 1.29 is 14.3 Å². The van der Waals surface area contributed by atoms with Crippen LogP contribution in [0.25, 0.3) is 0 Å². The van der Waals surface area contributed by atoms with E-state index < -0.39 is 11.7 Å². The summed E-state index contributed by atoms with van der Waals surface area (Å²) in [5, 5.41) is 5.73. The average molecular weight is 296 g/mol. The van der Waals surface area contributed by atoms with Gasteiger partial charge in [-0.25, -0.2) is 4.79 Å². The number of hydrogen-bond acceptors (Lipinski definition) is 6. The van der Waals surface area contributed by atoms with Crippen LogP contribution in [0.15, 0.2) is 12.1 Å². The average Bonchev–Trinajstić information content (AvgIpc) is 2.36. The van der Waals surface area contributed by atoms with Gasteiger partial charge in [-0.05, 0) is 39.8 Å². The molecule has 0 unspecified atom stereocenters. The molecule has 1 heterocycles. The van der Waals surface area contributed by atoms with Crippen LogP contribution < -0.4 is 21.1 Å². The van der Waals surface area contributed by atoms with Crippen LogP contribution in [0.4, 0.5) is 16.3 Å². The fourth-order valence-corrected chi connectivity index (χ4v) is 1.47. The Morgan fingerprint density at radius 2 is 2.05 bits per heavy atom. The van der Waals surface area contributed by atoms with Gasteiger partial charge < -0.3 is 25.8 Å². The summed E-state index contributed by atoms with van der Waals surface area (Å²) >= 11 is 0. The Balaban J connectivity index is 2.36. The monoisotopic (exact) mass is 296 g/mol. The molecule has 0 aliphatic carbocycles. The Labute approximate surface area is 125 Å². The highest BCUT2D eigenvalue weighted by Crippen LogP contribution is 2.20. The van der Waals surface area contributed by atoms with E-state index in [2.05, 4.69) is 15.6 Å². The number of nitrogen functional groups attached to an aromatic ring is 1. The van der Waals surface area contributed by atoms with Crippen LogP contribution in [0.2, 0.25) is 0 Å². The fourth-order valence-electron chi connectivity index (χ4n) is 1.47. The van der Waals surface area contributed by atoms with Crippen LogP contribution in [-0.4, -0.2) is 36.4 Å². The number of hydrogen-bond donors (Lipinski definition) is 3. The van der Waals surface area contributed by atoms with E-state index in [-0.39, 0.29) is 0 Å². The van der Waals surface area contributed by atoms with Gasteiger partial charge in [-0.2, -0.15) is 4.98 Å². The molecule has 0 atom stereocenters. The number of nitrogens with zero attached hydrogens (tertiary/aromatic N) is 1. The molecule has 0 bridgehead atoms. The second kappa shape index (κ2) is 7.56. The SMILES string of the molecule is CCOc1nc(NCCNC(=O)OC(C)(C)C)ccc1N. The minimum Gasteiger partial charge on any atom is -0.476 e. The summed E-state index contributed by atoms with van der Waals surface area (Å²) in [5.74, 6) is 1.04. The second-order valence-corrected chi connectivity index (χ2v) is 5.38. The molecule has 4 N–H and O–H groups in total. The Hall–Kier alpha value is -2.18. The number of aromatic nitrogens is 1. The topological polar surface area (TPSA) is 98.5 Å². The molecule has 21 heavy (non-hydrogen) atoms. The molecule has 7 nitrogen and oxygen atoms in total. The van der Waals surface area contributed by atoms with Crippen LogP contribution in [0, 0.1) is 0 Å². The zero-order valence-electron chi connectivity index (χ0n) is 13.0. The summed E-state index contributed by atoms with van der Waals surface area (Å²) in [6.45, 7) is 8.76. The number of pyridine rings is 1. The lowest BCUT2D eigenvalue weighted by molar-refractivity contribution is 0.0530. The number of carbonyl (C=O) groups is 1. The normalized spacial score (nSPS) is 10.9. The third kappa shape index (κ3) is 6.69. The van der Waals surface area contributed by atoms with Gasteiger partial charge in [0.05, 0.1) is 12.3 Å². The first kappa shape index (κ1) is 16.9. The van der Waals surface area contributed by atoms with Crippen molar-refractivity contribution in [3.63, 3.8) is 0 Å². The molecule has 1 rings (SSSR count). The maximum atomic E-state index is 11.4. The zero-order valence-corrected chi connectivity index (χ0v) is 13.0. The number of rotatable bonds is 6. The maximum Gasteiger partial charge on any atom is 0.407 e. The molecule has 0 fully saturated rings. The van der Waals surface area contributed by atoms with Crippen molar-refractivity contribution in [2.24, 2.45) is 0 Å². The fraction of sp³-hybridized carbons (Fsp3) is 0.571. The zero-order chi connectivity index (χ0) is 15.9. The third-order valence-electron chi connectivity index (χ3n) is 2.27. The largest absolute Gasteiger partial charge is 0.476 e. The molecule has 0 radical (unpaired) electrons. The highest BCUT2D eigenvalue weighted by molar-refractivity contribution is 5.67. The van der Waals surface area contributed by atoms with E-state index in [0.717, 1.165) is 0 Å². The summed E-state index contributed by atoms with van der Waals surface area (Å²) in [6, 6.07) is 3.48. The first-order valence-corrected chi connectivity index (χ1v) is 6.92. The van der Waals surface area contributed by atoms with Gasteiger partial charge in [0.15, 0.2) is 0 Å². The van der Waals surface area contributed by atoms with E-state index in [9.17, 15) is 4.79 Å². The van der Waals surface area contributed by atoms with E-state index >= 15 is 0 Å². The van der Waals surface area contributed by atoms with Crippen molar-refractivity contribution in [2.75, 3.05) is 30.7 Å². The Kier molecular flexibility index (Phi) is 6.08. The van der Waals surface area contributed by atoms with Gasteiger partial charge in [-0.15, -0.1) is 0 Å². The third-order valence-corrected chi connectivity index (χ3v) is 2.27. The van der Waals surface area contributed by atoms with E-state index in [4.69, 9.17) is 15.2 Å². The summed E-state index contributed by atoms with van der Waals surface area (Å²) in [6.07, 6.45) is -0.440. The van der Waals surface area contributed by atoms with Gasteiger partial charge in [0.2, 0.25) is 5.88 Å². The summed E-state index contributed by atoms with van der Waals surface area (Å²) in [5.41, 5.74) is 5.74. The van der Waals surface area contributed by atoms with E-state index in [1.807, 2.05) is 27.7 Å². The maximum absolute atomic E-state index is 11.4. The van der Waals surface area contributed by atoms with Crippen molar-refractivity contribution in [2.45, 2.75) is 33.3 Å². The lowest BCUT2D eigenvalue weighted by Crippen LogP contribution is -2.35. The van der Waals surface area contributed by atoms with Crippen molar-refractivity contribution >= 4 is 17.6 Å². The molecule has 1 aromatic heterocycles. The number of ether oxygens (including phenoxy) is 2. The van der Waals surface area contributed by atoms with Gasteiger partial charge in [0.1, 0.15) is 11.4 Å².